The molecule has 0 radical (unpaired) electrons. The van der Waals surface area contributed by atoms with Gasteiger partial charge in [0, 0.05) is 50.6 Å². The molecule has 0 spiro atoms. The predicted molar refractivity (Wildman–Crippen MR) is 106 cm³/mol. The highest BCUT2D eigenvalue weighted by Gasteiger charge is 2.30. The molecule has 7 nitrogen and oxygen atoms in total. The maximum absolute atomic E-state index is 12.8. The molecule has 0 bridgehead atoms. The van der Waals surface area contributed by atoms with Crippen molar-refractivity contribution in [3.8, 4) is 0 Å². The third-order valence-electron chi connectivity index (χ3n) is 6.17. The van der Waals surface area contributed by atoms with Crippen LogP contribution in [0.4, 0.5) is 0 Å². The molecule has 1 fully saturated rings. The van der Waals surface area contributed by atoms with Crippen LogP contribution in [0.2, 0.25) is 0 Å². The van der Waals surface area contributed by atoms with E-state index in [0.29, 0.717) is 24.2 Å². The fraction of sp³-hybridized carbons (Fsp3) is 0.667. The molecule has 2 aromatic rings. The molecule has 1 amide bonds. The molecule has 2 aromatic heterocycles. The smallest absolute Gasteiger partial charge is 0.274 e. The highest BCUT2D eigenvalue weighted by Crippen LogP contribution is 2.30. The first kappa shape index (κ1) is 19.2. The number of nitrogens with one attached hydrogen (secondary N) is 1. The van der Waals surface area contributed by atoms with Crippen LogP contribution >= 0.6 is 0 Å². The molecule has 7 heteroatoms. The maximum Gasteiger partial charge on any atom is 0.274 e. The van der Waals surface area contributed by atoms with Crippen molar-refractivity contribution in [2.24, 2.45) is 5.92 Å². The van der Waals surface area contributed by atoms with E-state index in [1.807, 2.05) is 6.07 Å². The molecule has 0 unspecified atom stereocenters. The molecule has 2 aliphatic rings. The van der Waals surface area contributed by atoms with Gasteiger partial charge < -0.3 is 14.7 Å². The lowest BCUT2D eigenvalue weighted by Gasteiger charge is -2.26. The third-order valence-corrected chi connectivity index (χ3v) is 6.17. The van der Waals surface area contributed by atoms with E-state index in [0.717, 1.165) is 37.1 Å². The zero-order chi connectivity index (χ0) is 19.5. The molecule has 0 aromatic carbocycles. The molecule has 28 heavy (non-hydrogen) atoms. The first-order valence-electron chi connectivity index (χ1n) is 10.5. The van der Waals surface area contributed by atoms with E-state index in [-0.39, 0.29) is 5.91 Å². The minimum Gasteiger partial charge on any atom is -0.364 e. The molecule has 0 aliphatic heterocycles. The molecule has 2 aliphatic carbocycles. The van der Waals surface area contributed by atoms with Gasteiger partial charge in [-0.05, 0) is 38.0 Å². The topological polar surface area (TPSA) is 76.2 Å². The van der Waals surface area contributed by atoms with E-state index >= 15 is 0 Å². The third kappa shape index (κ3) is 4.14. The molecule has 1 atom stereocenters. The molecule has 1 saturated carbocycles. The van der Waals surface area contributed by atoms with Crippen LogP contribution in [0, 0.1) is 5.92 Å². The Morgan fingerprint density at radius 2 is 2.11 bits per heavy atom. The molecule has 2 heterocycles. The van der Waals surface area contributed by atoms with Gasteiger partial charge in [0.15, 0.2) is 5.69 Å². The summed E-state index contributed by atoms with van der Waals surface area (Å²) in [6.07, 6.45) is 11.0. The van der Waals surface area contributed by atoms with Crippen molar-refractivity contribution in [3.05, 3.63) is 35.0 Å². The fourth-order valence-electron chi connectivity index (χ4n) is 4.59. The Morgan fingerprint density at radius 3 is 2.82 bits per heavy atom. The average Bonchev–Trinajstić information content (AvgIpc) is 3.34. The largest absolute Gasteiger partial charge is 0.364 e. The lowest BCUT2D eigenvalue weighted by Crippen LogP contribution is -2.35. The summed E-state index contributed by atoms with van der Waals surface area (Å²) in [5.74, 6) is 0.707. The zero-order valence-electron chi connectivity index (χ0n) is 17.0. The molecule has 4 rings (SSSR count). The van der Waals surface area contributed by atoms with Crippen LogP contribution < -0.4 is 5.32 Å². The zero-order valence-corrected chi connectivity index (χ0v) is 17.0. The Bertz CT molecular complexity index is 790. The number of nitrogens with zero attached hydrogens (tertiary/aromatic N) is 4. The van der Waals surface area contributed by atoms with Gasteiger partial charge in [-0.3, -0.25) is 9.48 Å². The van der Waals surface area contributed by atoms with Crippen LogP contribution in [0.25, 0.3) is 0 Å². The van der Waals surface area contributed by atoms with Crippen LogP contribution in [0.1, 0.15) is 66.0 Å². The van der Waals surface area contributed by atoms with E-state index < -0.39 is 0 Å². The van der Waals surface area contributed by atoms with Gasteiger partial charge in [0.25, 0.3) is 5.91 Å². The molecular weight excluding hydrogens is 354 g/mol. The second-order valence-electron chi connectivity index (χ2n) is 8.47. The average molecular weight is 386 g/mol. The van der Waals surface area contributed by atoms with Gasteiger partial charge in [-0.2, -0.15) is 5.10 Å². The number of carbonyl (C=O) groups is 1. The van der Waals surface area contributed by atoms with Crippen molar-refractivity contribution in [2.45, 2.75) is 70.5 Å². The number of amides is 1. The van der Waals surface area contributed by atoms with Gasteiger partial charge >= 0.3 is 0 Å². The Kier molecular flexibility index (Phi) is 5.80. The van der Waals surface area contributed by atoms with Crippen molar-refractivity contribution in [3.63, 3.8) is 0 Å². The number of carbonyl (C=O) groups excluding carboxylic acids is 1. The van der Waals surface area contributed by atoms with Crippen molar-refractivity contribution in [1.82, 2.24) is 25.2 Å². The summed E-state index contributed by atoms with van der Waals surface area (Å²) in [5, 5.41) is 12.4. The summed E-state index contributed by atoms with van der Waals surface area (Å²) < 4.78 is 7.07. The number of rotatable bonds is 6. The van der Waals surface area contributed by atoms with Gasteiger partial charge in [-0.15, -0.1) is 0 Å². The molecule has 0 saturated heterocycles. The van der Waals surface area contributed by atoms with E-state index in [1.54, 1.807) is 25.3 Å². The van der Waals surface area contributed by atoms with E-state index in [4.69, 9.17) is 9.62 Å². The van der Waals surface area contributed by atoms with E-state index in [2.05, 4.69) is 15.2 Å². The molecule has 1 N–H and O–H groups in total. The lowest BCUT2D eigenvalue weighted by atomic mass is 9.88. The highest BCUT2D eigenvalue weighted by molar-refractivity contribution is 5.93. The van der Waals surface area contributed by atoms with Gasteiger partial charge in [-0.25, -0.2) is 0 Å². The first-order chi connectivity index (χ1) is 13.6. The summed E-state index contributed by atoms with van der Waals surface area (Å²) in [6, 6.07) is 2.20. The number of hydrogen-bond donors (Lipinski definition) is 1. The lowest BCUT2D eigenvalue weighted by molar-refractivity contribution is 0.0819. The Labute approximate surface area is 166 Å². The number of aromatic nitrogens is 3. The summed E-state index contributed by atoms with van der Waals surface area (Å²) in [5.41, 5.74) is 3.96. The van der Waals surface area contributed by atoms with Gasteiger partial charge in [-0.1, -0.05) is 24.4 Å². The minimum absolute atomic E-state index is 0.01000. The van der Waals surface area contributed by atoms with Crippen LogP contribution in [0.5, 0.6) is 0 Å². The van der Waals surface area contributed by atoms with Crippen LogP contribution in [-0.2, 0) is 25.9 Å². The Balaban J connectivity index is 1.52. The first-order valence-corrected chi connectivity index (χ1v) is 10.5. The van der Waals surface area contributed by atoms with Gasteiger partial charge in [0.1, 0.15) is 6.26 Å². The van der Waals surface area contributed by atoms with Crippen molar-refractivity contribution in [1.29, 1.82) is 0 Å². The van der Waals surface area contributed by atoms with Crippen molar-refractivity contribution >= 4 is 5.91 Å². The normalized spacial score (nSPS) is 20.1. The van der Waals surface area contributed by atoms with Gasteiger partial charge in [0.2, 0.25) is 0 Å². The van der Waals surface area contributed by atoms with Crippen molar-refractivity contribution < 1.29 is 9.32 Å². The quantitative estimate of drug-likeness (QED) is 0.827. The second kappa shape index (κ2) is 8.47. The van der Waals surface area contributed by atoms with Crippen LogP contribution in [0.3, 0.4) is 0 Å². The number of hydrogen-bond acceptors (Lipinski definition) is 5. The Hall–Kier alpha value is -2.15. The summed E-state index contributed by atoms with van der Waals surface area (Å²) in [6.45, 7) is 1.64. The van der Waals surface area contributed by atoms with Gasteiger partial charge in [0.05, 0.1) is 5.69 Å². The molecular formula is C21H31N5O2. The Morgan fingerprint density at radius 1 is 1.29 bits per heavy atom. The van der Waals surface area contributed by atoms with Crippen LogP contribution in [0.15, 0.2) is 16.9 Å². The summed E-state index contributed by atoms with van der Waals surface area (Å²) in [4.78, 5) is 14.4. The highest BCUT2D eigenvalue weighted by atomic mass is 16.5. The fourth-order valence-corrected chi connectivity index (χ4v) is 4.59. The number of fused-ring (bicyclic) bond motifs is 1. The van der Waals surface area contributed by atoms with E-state index in [9.17, 15) is 4.79 Å². The standard InChI is InChI=1S/C21H31N5O2/c1-25(2)21(27)20-18-12-16(22-13-17-10-11-28-24-17)8-9-19(18)26(23-20)14-15-6-4-3-5-7-15/h10-11,15-16,22H,3-9,12-14H2,1-2H3/t16-/m1/s1. The second-order valence-corrected chi connectivity index (χ2v) is 8.47. The maximum atomic E-state index is 12.8. The minimum atomic E-state index is 0.01000. The van der Waals surface area contributed by atoms with Crippen molar-refractivity contribution in [2.75, 3.05) is 14.1 Å². The van der Waals surface area contributed by atoms with Crippen LogP contribution in [-0.4, -0.2) is 45.9 Å². The summed E-state index contributed by atoms with van der Waals surface area (Å²) in [7, 11) is 3.61. The molecule has 152 valence electrons. The SMILES string of the molecule is CN(C)C(=O)c1nn(CC2CCCCC2)c2c1C[C@H](NCc1ccon1)CC2. The monoisotopic (exact) mass is 385 g/mol. The van der Waals surface area contributed by atoms with E-state index in [1.165, 1.54) is 37.8 Å². The predicted octanol–water partition coefficient (Wildman–Crippen LogP) is 2.80. The summed E-state index contributed by atoms with van der Waals surface area (Å²) >= 11 is 0.